The third-order valence-electron chi connectivity index (χ3n) is 11.4. The van der Waals surface area contributed by atoms with Crippen LogP contribution >= 0.6 is 0 Å². The number of hydrogen-bond donors (Lipinski definition) is 2. The number of aliphatic hydroxyl groups is 1. The van der Waals surface area contributed by atoms with Gasteiger partial charge in [0, 0.05) is 50.4 Å². The second-order valence-corrected chi connectivity index (χ2v) is 13.8. The van der Waals surface area contributed by atoms with Crippen LogP contribution < -0.4 is 5.43 Å². The zero-order valence-electron chi connectivity index (χ0n) is 25.3. The molecule has 2 amide bonds. The van der Waals surface area contributed by atoms with E-state index in [9.17, 15) is 14.7 Å². The van der Waals surface area contributed by atoms with Crippen molar-refractivity contribution >= 4 is 11.8 Å². The molecular formula is C34H52N4O3. The summed E-state index contributed by atoms with van der Waals surface area (Å²) in [5.74, 6) is 1.92. The molecule has 3 saturated carbocycles. The first-order valence-corrected chi connectivity index (χ1v) is 16.9. The Kier molecular flexibility index (Phi) is 8.76. The standard InChI is InChI=1S/C34H52N4O3/c1-2-38-34(29-10-8-6-4-3-5-7-9-11-29)17-16-28(24-30(34)25-35-38)26-12-14-27(15-13-26)31(39)36-20-22-37(23-21-36)32(40)33(41)18-19-33/h12-15,28-30,35,41H,2-11,16-25H2,1H3. The second kappa shape index (κ2) is 12.3. The molecule has 3 atom stereocenters. The third-order valence-corrected chi connectivity index (χ3v) is 11.4. The molecule has 2 aliphatic heterocycles. The van der Waals surface area contributed by atoms with Crippen LogP contribution in [-0.4, -0.2) is 82.1 Å². The highest BCUT2D eigenvalue weighted by Crippen LogP contribution is 2.53. The average Bonchev–Trinajstić information content (AvgIpc) is 3.66. The second-order valence-electron chi connectivity index (χ2n) is 13.8. The van der Waals surface area contributed by atoms with Crippen molar-refractivity contribution in [3.63, 3.8) is 0 Å². The number of nitrogens with zero attached hydrogens (tertiary/aromatic N) is 3. The van der Waals surface area contributed by atoms with Gasteiger partial charge in [-0.1, -0.05) is 64.0 Å². The first-order chi connectivity index (χ1) is 19.9. The van der Waals surface area contributed by atoms with E-state index in [0.717, 1.165) is 24.6 Å². The molecule has 0 radical (unpaired) electrons. The predicted molar refractivity (Wildman–Crippen MR) is 161 cm³/mol. The number of carbonyl (C=O) groups excluding carboxylic acids is 2. The molecule has 2 heterocycles. The van der Waals surface area contributed by atoms with Gasteiger partial charge in [-0.25, -0.2) is 5.01 Å². The number of hydrogen-bond acceptors (Lipinski definition) is 5. The van der Waals surface area contributed by atoms with Gasteiger partial charge in [-0.05, 0) is 80.4 Å². The number of fused-ring (bicyclic) bond motifs is 1. The monoisotopic (exact) mass is 564 g/mol. The molecule has 0 bridgehead atoms. The minimum absolute atomic E-state index is 0.0472. The van der Waals surface area contributed by atoms with Crippen molar-refractivity contribution in [2.24, 2.45) is 11.8 Å². The Hall–Kier alpha value is -1.96. The van der Waals surface area contributed by atoms with Gasteiger partial charge in [-0.2, -0.15) is 0 Å². The topological polar surface area (TPSA) is 76.1 Å². The molecule has 226 valence electrons. The number of carbonyl (C=O) groups is 2. The smallest absolute Gasteiger partial charge is 0.254 e. The van der Waals surface area contributed by atoms with Gasteiger partial charge in [0.25, 0.3) is 11.8 Å². The van der Waals surface area contributed by atoms with Crippen LogP contribution in [0.15, 0.2) is 24.3 Å². The van der Waals surface area contributed by atoms with Gasteiger partial charge in [0.2, 0.25) is 0 Å². The quantitative estimate of drug-likeness (QED) is 0.521. The van der Waals surface area contributed by atoms with E-state index in [1.165, 1.54) is 82.6 Å². The molecule has 1 aromatic carbocycles. The summed E-state index contributed by atoms with van der Waals surface area (Å²) < 4.78 is 0. The molecule has 6 rings (SSSR count). The van der Waals surface area contributed by atoms with Gasteiger partial charge in [0.05, 0.1) is 0 Å². The van der Waals surface area contributed by atoms with E-state index >= 15 is 0 Å². The van der Waals surface area contributed by atoms with Gasteiger partial charge in [0.15, 0.2) is 0 Å². The van der Waals surface area contributed by atoms with E-state index in [2.05, 4.69) is 29.5 Å². The maximum atomic E-state index is 13.3. The third kappa shape index (κ3) is 5.83. The molecule has 5 aliphatic rings. The van der Waals surface area contributed by atoms with E-state index < -0.39 is 5.60 Å². The van der Waals surface area contributed by atoms with Crippen molar-refractivity contribution in [2.45, 2.75) is 114 Å². The summed E-state index contributed by atoms with van der Waals surface area (Å²) in [7, 11) is 0. The zero-order valence-corrected chi connectivity index (χ0v) is 25.3. The maximum Gasteiger partial charge on any atom is 0.254 e. The summed E-state index contributed by atoms with van der Waals surface area (Å²) in [6, 6.07) is 8.46. The van der Waals surface area contributed by atoms with E-state index in [0.29, 0.717) is 56.4 Å². The Morgan fingerprint density at radius 3 is 2.05 bits per heavy atom. The van der Waals surface area contributed by atoms with Crippen LogP contribution in [0.3, 0.4) is 0 Å². The highest BCUT2D eigenvalue weighted by Gasteiger charge is 2.55. The van der Waals surface area contributed by atoms with Crippen LogP contribution in [0.1, 0.15) is 119 Å². The van der Waals surface area contributed by atoms with E-state index in [4.69, 9.17) is 0 Å². The van der Waals surface area contributed by atoms with Gasteiger partial charge >= 0.3 is 0 Å². The first-order valence-electron chi connectivity index (χ1n) is 16.9. The minimum atomic E-state index is -1.13. The molecule has 0 aromatic heterocycles. The lowest BCUT2D eigenvalue weighted by Gasteiger charge is -2.51. The SMILES string of the molecule is CCN1NCC2CC(c3ccc(C(=O)N4CCN(C(=O)C5(O)CC5)CC4)cc3)CCC21C1CCCCCCCCC1. The van der Waals surface area contributed by atoms with Crippen molar-refractivity contribution in [1.82, 2.24) is 20.2 Å². The summed E-state index contributed by atoms with van der Waals surface area (Å²) in [5, 5.41) is 12.8. The molecule has 5 fully saturated rings. The molecule has 3 unspecified atom stereocenters. The normalized spacial score (nSPS) is 31.5. The van der Waals surface area contributed by atoms with Gasteiger partial charge < -0.3 is 14.9 Å². The number of rotatable bonds is 5. The Morgan fingerprint density at radius 2 is 1.44 bits per heavy atom. The highest BCUT2D eigenvalue weighted by atomic mass is 16.3. The predicted octanol–water partition coefficient (Wildman–Crippen LogP) is 5.10. The summed E-state index contributed by atoms with van der Waals surface area (Å²) in [6.45, 7) is 6.56. The molecular weight excluding hydrogens is 512 g/mol. The fourth-order valence-electron chi connectivity index (χ4n) is 8.85. The number of benzene rings is 1. The van der Waals surface area contributed by atoms with Crippen molar-refractivity contribution in [3.05, 3.63) is 35.4 Å². The number of nitrogens with one attached hydrogen (secondary N) is 1. The van der Waals surface area contributed by atoms with Crippen LogP contribution in [0.5, 0.6) is 0 Å². The molecule has 2 N–H and O–H groups in total. The van der Waals surface area contributed by atoms with E-state index in [1.54, 1.807) is 4.90 Å². The summed E-state index contributed by atoms with van der Waals surface area (Å²) in [6.07, 6.45) is 17.5. The Bertz CT molecular complexity index is 1050. The average molecular weight is 565 g/mol. The molecule has 41 heavy (non-hydrogen) atoms. The molecule has 7 nitrogen and oxygen atoms in total. The Morgan fingerprint density at radius 1 is 0.829 bits per heavy atom. The van der Waals surface area contributed by atoms with Crippen molar-refractivity contribution < 1.29 is 14.7 Å². The lowest BCUT2D eigenvalue weighted by molar-refractivity contribution is -0.143. The lowest BCUT2D eigenvalue weighted by atomic mass is 9.60. The van der Waals surface area contributed by atoms with Crippen LogP contribution in [0.25, 0.3) is 0 Å². The summed E-state index contributed by atoms with van der Waals surface area (Å²) in [4.78, 5) is 29.3. The van der Waals surface area contributed by atoms with E-state index in [-0.39, 0.29) is 11.8 Å². The van der Waals surface area contributed by atoms with Gasteiger partial charge in [0.1, 0.15) is 5.60 Å². The lowest BCUT2D eigenvalue weighted by Crippen LogP contribution is -2.57. The Balaban J connectivity index is 1.08. The van der Waals surface area contributed by atoms with E-state index in [1.807, 2.05) is 17.0 Å². The highest BCUT2D eigenvalue weighted by molar-refractivity contribution is 5.94. The zero-order chi connectivity index (χ0) is 28.5. The van der Waals surface area contributed by atoms with Crippen molar-refractivity contribution in [3.8, 4) is 0 Å². The number of amides is 2. The molecule has 3 aliphatic carbocycles. The largest absolute Gasteiger partial charge is 0.380 e. The van der Waals surface area contributed by atoms with Crippen molar-refractivity contribution in [1.29, 1.82) is 0 Å². The number of hydrazine groups is 1. The summed E-state index contributed by atoms with van der Waals surface area (Å²) >= 11 is 0. The summed E-state index contributed by atoms with van der Waals surface area (Å²) in [5.41, 5.74) is 5.14. The fourth-order valence-corrected chi connectivity index (χ4v) is 8.85. The molecule has 0 spiro atoms. The van der Waals surface area contributed by atoms with Crippen LogP contribution in [0, 0.1) is 11.8 Å². The van der Waals surface area contributed by atoms with Gasteiger partial charge in [-0.3, -0.25) is 15.0 Å². The number of piperazine rings is 1. The van der Waals surface area contributed by atoms with Crippen LogP contribution in [0.2, 0.25) is 0 Å². The molecule has 1 aromatic rings. The fraction of sp³-hybridized carbons (Fsp3) is 0.765. The van der Waals surface area contributed by atoms with Crippen molar-refractivity contribution in [2.75, 3.05) is 39.3 Å². The van der Waals surface area contributed by atoms with Crippen LogP contribution in [-0.2, 0) is 4.79 Å². The molecule has 7 heteroatoms. The maximum absolute atomic E-state index is 13.3. The molecule has 2 saturated heterocycles. The Labute approximate surface area is 247 Å². The first kappa shape index (κ1) is 29.1. The minimum Gasteiger partial charge on any atom is -0.380 e. The van der Waals surface area contributed by atoms with Gasteiger partial charge in [-0.15, -0.1) is 0 Å². The van der Waals surface area contributed by atoms with Crippen LogP contribution in [0.4, 0.5) is 0 Å².